The van der Waals surface area contributed by atoms with E-state index >= 15 is 0 Å². The predicted octanol–water partition coefficient (Wildman–Crippen LogP) is 2.76. The van der Waals surface area contributed by atoms with Gasteiger partial charge in [-0.1, -0.05) is 0 Å². The van der Waals surface area contributed by atoms with Gasteiger partial charge in [0.25, 0.3) is 5.91 Å². The summed E-state index contributed by atoms with van der Waals surface area (Å²) in [4.78, 5) is 15.6. The zero-order chi connectivity index (χ0) is 14.7. The minimum Gasteiger partial charge on any atom is -0.481 e. The number of aromatic nitrogens is 1. The molecule has 1 N–H and O–H groups in total. The van der Waals surface area contributed by atoms with E-state index in [0.717, 1.165) is 12.1 Å². The number of anilines is 1. The molecule has 7 heteroatoms. The van der Waals surface area contributed by atoms with Crippen molar-refractivity contribution in [2.45, 2.75) is 0 Å². The summed E-state index contributed by atoms with van der Waals surface area (Å²) < 4.78 is 44.0. The summed E-state index contributed by atoms with van der Waals surface area (Å²) in [6, 6.07) is 4.50. The van der Waals surface area contributed by atoms with Crippen molar-refractivity contribution in [3.8, 4) is 5.88 Å². The molecular weight excluding hydrogens is 273 g/mol. The maximum Gasteiger partial charge on any atom is 0.257 e. The first-order valence-electron chi connectivity index (χ1n) is 5.48. The van der Waals surface area contributed by atoms with Gasteiger partial charge in [-0.3, -0.25) is 4.79 Å². The molecule has 1 aromatic heterocycles. The van der Waals surface area contributed by atoms with E-state index in [1.165, 1.54) is 25.4 Å². The van der Waals surface area contributed by atoms with E-state index in [-0.39, 0.29) is 5.56 Å². The fraction of sp³-hybridized carbons (Fsp3) is 0.0769. The largest absolute Gasteiger partial charge is 0.481 e. The first kappa shape index (κ1) is 13.9. The summed E-state index contributed by atoms with van der Waals surface area (Å²) in [6.07, 6.45) is 1.21. The highest BCUT2D eigenvalue weighted by Gasteiger charge is 2.16. The summed E-state index contributed by atoms with van der Waals surface area (Å²) in [5.41, 5.74) is -0.334. The van der Waals surface area contributed by atoms with E-state index in [1.54, 1.807) is 0 Å². The molecule has 104 valence electrons. The molecule has 0 saturated carbocycles. The van der Waals surface area contributed by atoms with E-state index < -0.39 is 29.0 Å². The third kappa shape index (κ3) is 2.71. The Morgan fingerprint density at radius 2 is 1.90 bits per heavy atom. The van der Waals surface area contributed by atoms with Crippen molar-refractivity contribution in [1.82, 2.24) is 4.98 Å². The smallest absolute Gasteiger partial charge is 0.257 e. The van der Waals surface area contributed by atoms with Gasteiger partial charge in [0.05, 0.1) is 18.4 Å². The van der Waals surface area contributed by atoms with Crippen LogP contribution in [-0.4, -0.2) is 18.0 Å². The van der Waals surface area contributed by atoms with E-state index in [4.69, 9.17) is 4.74 Å². The third-order valence-electron chi connectivity index (χ3n) is 2.49. The van der Waals surface area contributed by atoms with Gasteiger partial charge in [0.1, 0.15) is 0 Å². The highest BCUT2D eigenvalue weighted by molar-refractivity contribution is 6.04. The van der Waals surface area contributed by atoms with Gasteiger partial charge in [0.2, 0.25) is 5.88 Å². The second-order valence-electron chi connectivity index (χ2n) is 3.77. The molecule has 0 fully saturated rings. The molecule has 0 aliphatic heterocycles. The molecule has 0 saturated heterocycles. The lowest BCUT2D eigenvalue weighted by Gasteiger charge is -2.07. The third-order valence-corrected chi connectivity index (χ3v) is 2.49. The van der Waals surface area contributed by atoms with Crippen LogP contribution in [0.3, 0.4) is 0 Å². The lowest BCUT2D eigenvalue weighted by atomic mass is 10.2. The van der Waals surface area contributed by atoms with Crippen molar-refractivity contribution in [2.75, 3.05) is 12.4 Å². The van der Waals surface area contributed by atoms with Crippen LogP contribution in [0.1, 0.15) is 10.4 Å². The van der Waals surface area contributed by atoms with E-state index in [0.29, 0.717) is 5.88 Å². The molecule has 20 heavy (non-hydrogen) atoms. The van der Waals surface area contributed by atoms with E-state index in [2.05, 4.69) is 10.3 Å². The Hall–Kier alpha value is -2.57. The number of carbonyl (C=O) groups excluding carboxylic acids is 1. The molecule has 0 bridgehead atoms. The van der Waals surface area contributed by atoms with Crippen LogP contribution in [0.4, 0.5) is 18.9 Å². The van der Waals surface area contributed by atoms with Gasteiger partial charge in [-0.05, 0) is 18.2 Å². The molecule has 2 rings (SSSR count). The number of nitrogens with one attached hydrogen (secondary N) is 1. The summed E-state index contributed by atoms with van der Waals surface area (Å²) >= 11 is 0. The number of halogens is 3. The molecule has 1 aromatic carbocycles. The number of carbonyl (C=O) groups is 1. The average Bonchev–Trinajstić information content (AvgIpc) is 2.48. The van der Waals surface area contributed by atoms with Gasteiger partial charge >= 0.3 is 0 Å². The Balaban J connectivity index is 2.21. The van der Waals surface area contributed by atoms with Gasteiger partial charge in [-0.2, -0.15) is 0 Å². The van der Waals surface area contributed by atoms with Gasteiger partial charge < -0.3 is 10.1 Å². The zero-order valence-electron chi connectivity index (χ0n) is 10.3. The average molecular weight is 282 g/mol. The number of pyridine rings is 1. The van der Waals surface area contributed by atoms with Crippen LogP contribution in [0.15, 0.2) is 30.5 Å². The molecular formula is C13H9F3N2O2. The maximum absolute atomic E-state index is 13.4. The number of hydrogen-bond donors (Lipinski definition) is 1. The molecule has 4 nitrogen and oxygen atoms in total. The quantitative estimate of drug-likeness (QED) is 0.881. The second-order valence-corrected chi connectivity index (χ2v) is 3.77. The highest BCUT2D eigenvalue weighted by atomic mass is 19.2. The summed E-state index contributed by atoms with van der Waals surface area (Å²) in [5, 5.41) is 2.13. The fourth-order valence-electron chi connectivity index (χ4n) is 1.45. The molecule has 0 aliphatic rings. The van der Waals surface area contributed by atoms with Crippen LogP contribution in [0.25, 0.3) is 0 Å². The Kier molecular flexibility index (Phi) is 3.88. The van der Waals surface area contributed by atoms with Crippen LogP contribution >= 0.6 is 0 Å². The standard InChI is InChI=1S/C13H9F3N2O2/c1-20-10-5-2-7(6-17-10)13(19)18-9-4-3-8(14)11(15)12(9)16/h2-6H,1H3,(H,18,19). The van der Waals surface area contributed by atoms with Gasteiger partial charge in [0.15, 0.2) is 17.5 Å². The zero-order valence-corrected chi connectivity index (χ0v) is 10.3. The summed E-state index contributed by atoms with van der Waals surface area (Å²) in [6.45, 7) is 0. The van der Waals surface area contributed by atoms with Crippen molar-refractivity contribution >= 4 is 11.6 Å². The molecule has 0 aliphatic carbocycles. The second kappa shape index (κ2) is 5.60. The Morgan fingerprint density at radius 3 is 2.50 bits per heavy atom. The minimum absolute atomic E-state index is 0.120. The summed E-state index contributed by atoms with van der Waals surface area (Å²) in [7, 11) is 1.42. The molecule has 0 unspecified atom stereocenters. The number of ether oxygens (including phenoxy) is 1. The molecule has 2 aromatic rings. The van der Waals surface area contributed by atoms with Crippen molar-refractivity contribution < 1.29 is 22.7 Å². The number of hydrogen-bond acceptors (Lipinski definition) is 3. The van der Waals surface area contributed by atoms with Crippen LogP contribution in [0.2, 0.25) is 0 Å². The van der Waals surface area contributed by atoms with Crippen molar-refractivity contribution in [2.24, 2.45) is 0 Å². The minimum atomic E-state index is -1.64. The summed E-state index contributed by atoms with van der Waals surface area (Å²) in [5.74, 6) is -4.83. The van der Waals surface area contributed by atoms with Crippen LogP contribution in [0, 0.1) is 17.5 Å². The SMILES string of the molecule is COc1ccc(C(=O)Nc2ccc(F)c(F)c2F)cn1. The topological polar surface area (TPSA) is 51.2 Å². The molecule has 1 heterocycles. The Bertz CT molecular complexity index is 645. The molecule has 0 spiro atoms. The van der Waals surface area contributed by atoms with Crippen molar-refractivity contribution in [3.05, 3.63) is 53.5 Å². The monoisotopic (exact) mass is 282 g/mol. The normalized spacial score (nSPS) is 10.2. The lowest BCUT2D eigenvalue weighted by Crippen LogP contribution is -2.14. The molecule has 0 atom stereocenters. The highest BCUT2D eigenvalue weighted by Crippen LogP contribution is 2.20. The van der Waals surface area contributed by atoms with Gasteiger partial charge in [-0.25, -0.2) is 18.2 Å². The molecule has 1 amide bonds. The predicted molar refractivity (Wildman–Crippen MR) is 65.1 cm³/mol. The molecule has 0 radical (unpaired) electrons. The first-order valence-corrected chi connectivity index (χ1v) is 5.48. The van der Waals surface area contributed by atoms with Crippen LogP contribution in [0.5, 0.6) is 5.88 Å². The van der Waals surface area contributed by atoms with E-state index in [9.17, 15) is 18.0 Å². The van der Waals surface area contributed by atoms with Crippen molar-refractivity contribution in [3.63, 3.8) is 0 Å². The first-order chi connectivity index (χ1) is 9.52. The number of amides is 1. The number of nitrogens with zero attached hydrogens (tertiary/aromatic N) is 1. The van der Waals surface area contributed by atoms with Gasteiger partial charge in [-0.15, -0.1) is 0 Å². The van der Waals surface area contributed by atoms with Gasteiger partial charge in [0, 0.05) is 12.3 Å². The Morgan fingerprint density at radius 1 is 1.15 bits per heavy atom. The maximum atomic E-state index is 13.4. The number of rotatable bonds is 3. The number of methoxy groups -OCH3 is 1. The van der Waals surface area contributed by atoms with Crippen LogP contribution < -0.4 is 10.1 Å². The number of benzene rings is 1. The fourth-order valence-corrected chi connectivity index (χ4v) is 1.45. The van der Waals surface area contributed by atoms with Crippen molar-refractivity contribution in [1.29, 1.82) is 0 Å². The Labute approximate surface area is 112 Å². The lowest BCUT2D eigenvalue weighted by molar-refractivity contribution is 0.102. The van der Waals surface area contributed by atoms with E-state index in [1.807, 2.05) is 0 Å². The van der Waals surface area contributed by atoms with Crippen LogP contribution in [-0.2, 0) is 0 Å².